The Morgan fingerprint density at radius 1 is 1.18 bits per heavy atom. The van der Waals surface area contributed by atoms with Gasteiger partial charge in [-0.1, -0.05) is 41.9 Å². The Morgan fingerprint density at radius 3 is 2.58 bits per heavy atom. The molecule has 0 bridgehead atoms. The van der Waals surface area contributed by atoms with Crippen LogP contribution in [0.15, 0.2) is 60.7 Å². The number of halogens is 2. The van der Waals surface area contributed by atoms with E-state index in [1.54, 1.807) is 18.2 Å². The first-order valence-corrected chi connectivity index (χ1v) is 11.2. The Hall–Kier alpha value is -3.00. The molecule has 33 heavy (non-hydrogen) atoms. The lowest BCUT2D eigenvalue weighted by Gasteiger charge is -2.31. The Bertz CT molecular complexity index is 1110. The maximum atomic E-state index is 13.2. The second-order valence-corrected chi connectivity index (χ2v) is 8.25. The van der Waals surface area contributed by atoms with Crippen molar-refractivity contribution in [3.8, 4) is 5.69 Å². The summed E-state index contributed by atoms with van der Waals surface area (Å²) in [5.74, 6) is -0.553. The number of carbonyl (C=O) groups is 1. The highest BCUT2D eigenvalue weighted by atomic mass is 35.5. The van der Waals surface area contributed by atoms with Gasteiger partial charge in [-0.15, -0.1) is 0 Å². The summed E-state index contributed by atoms with van der Waals surface area (Å²) in [6.45, 7) is 5.60. The molecule has 1 aliphatic heterocycles. The number of nitrogens with zero attached hydrogens (tertiary/aromatic N) is 3. The molecule has 1 N–H and O–H groups in total. The molecule has 1 amide bonds. The van der Waals surface area contributed by atoms with Crippen LogP contribution in [0.3, 0.4) is 0 Å². The predicted octanol–water partition coefficient (Wildman–Crippen LogP) is 4.18. The molecule has 1 atom stereocenters. The first-order valence-electron chi connectivity index (χ1n) is 10.9. The van der Waals surface area contributed by atoms with Gasteiger partial charge < -0.3 is 10.1 Å². The number of aryl methyl sites for hydroxylation is 1. The highest BCUT2D eigenvalue weighted by Gasteiger charge is 2.20. The number of benzene rings is 2. The predicted molar refractivity (Wildman–Crippen MR) is 127 cm³/mol. The molecule has 0 saturated carbocycles. The molecule has 4 rings (SSSR count). The SMILES string of the molecule is Cc1nn(-c2ccc(F)cc2)c(Cl)c1/C=C/C(=O)NC(CN1CCOCC1)c1ccccc1. The standard InChI is InChI=1S/C25H26ClFN4O2/c1-18-22(25(26)31(29-18)21-9-7-20(27)8-10-21)11-12-24(32)28-23(19-5-3-2-4-6-19)17-30-13-15-33-16-14-30/h2-12,23H,13-17H2,1H3,(H,28,32)/b12-11+. The Balaban J connectivity index is 1.49. The molecule has 172 valence electrons. The van der Waals surface area contributed by atoms with Gasteiger partial charge in [-0.3, -0.25) is 9.69 Å². The summed E-state index contributed by atoms with van der Waals surface area (Å²) in [6, 6.07) is 15.7. The lowest BCUT2D eigenvalue weighted by atomic mass is 10.1. The highest BCUT2D eigenvalue weighted by Crippen LogP contribution is 2.25. The normalized spacial score (nSPS) is 15.6. The van der Waals surface area contributed by atoms with E-state index >= 15 is 0 Å². The van der Waals surface area contributed by atoms with Crippen molar-refractivity contribution in [3.05, 3.63) is 88.5 Å². The third-order valence-electron chi connectivity index (χ3n) is 5.58. The topological polar surface area (TPSA) is 59.4 Å². The summed E-state index contributed by atoms with van der Waals surface area (Å²) in [6.07, 6.45) is 3.14. The molecule has 0 radical (unpaired) electrons. The smallest absolute Gasteiger partial charge is 0.244 e. The van der Waals surface area contributed by atoms with Crippen LogP contribution in [0.5, 0.6) is 0 Å². The monoisotopic (exact) mass is 468 g/mol. The van der Waals surface area contributed by atoms with E-state index < -0.39 is 0 Å². The van der Waals surface area contributed by atoms with Crippen molar-refractivity contribution < 1.29 is 13.9 Å². The van der Waals surface area contributed by atoms with Crippen molar-refractivity contribution in [2.75, 3.05) is 32.8 Å². The molecule has 1 fully saturated rings. The third kappa shape index (κ3) is 5.87. The number of morpholine rings is 1. The van der Waals surface area contributed by atoms with Crippen LogP contribution in [0.1, 0.15) is 22.9 Å². The number of hydrogen-bond acceptors (Lipinski definition) is 4. The van der Waals surface area contributed by atoms with Gasteiger partial charge in [0.05, 0.1) is 30.6 Å². The van der Waals surface area contributed by atoms with E-state index in [1.165, 1.54) is 22.9 Å². The number of carbonyl (C=O) groups excluding carboxylic acids is 1. The molecule has 1 aliphatic rings. The van der Waals surface area contributed by atoms with Crippen LogP contribution in [0.2, 0.25) is 5.15 Å². The third-order valence-corrected chi connectivity index (χ3v) is 5.95. The van der Waals surface area contributed by atoms with Gasteiger partial charge in [0, 0.05) is 31.3 Å². The molecular formula is C25H26ClFN4O2. The minimum absolute atomic E-state index is 0.153. The second-order valence-electron chi connectivity index (χ2n) is 7.90. The van der Waals surface area contributed by atoms with Crippen molar-refractivity contribution in [1.82, 2.24) is 20.0 Å². The van der Waals surface area contributed by atoms with Gasteiger partial charge in [0.25, 0.3) is 0 Å². The first-order chi connectivity index (χ1) is 16.0. The lowest BCUT2D eigenvalue weighted by molar-refractivity contribution is -0.117. The molecule has 3 aromatic rings. The average molecular weight is 469 g/mol. The van der Waals surface area contributed by atoms with Crippen LogP contribution in [-0.4, -0.2) is 53.4 Å². The Morgan fingerprint density at radius 2 is 1.88 bits per heavy atom. The zero-order valence-corrected chi connectivity index (χ0v) is 19.1. The van der Waals surface area contributed by atoms with E-state index in [1.807, 2.05) is 37.3 Å². The molecule has 6 nitrogen and oxygen atoms in total. The first kappa shape index (κ1) is 23.2. The molecule has 1 aromatic heterocycles. The zero-order chi connectivity index (χ0) is 23.2. The maximum absolute atomic E-state index is 13.2. The van der Waals surface area contributed by atoms with E-state index in [0.717, 1.165) is 18.7 Å². The largest absolute Gasteiger partial charge is 0.379 e. The number of rotatable bonds is 7. The van der Waals surface area contributed by atoms with Crippen molar-refractivity contribution in [1.29, 1.82) is 0 Å². The summed E-state index contributed by atoms with van der Waals surface area (Å²) >= 11 is 6.52. The Labute approximate surface area is 197 Å². The van der Waals surface area contributed by atoms with Crippen molar-refractivity contribution >= 4 is 23.6 Å². The van der Waals surface area contributed by atoms with Gasteiger partial charge in [0.15, 0.2) is 0 Å². The van der Waals surface area contributed by atoms with E-state index in [-0.39, 0.29) is 17.8 Å². The van der Waals surface area contributed by atoms with Crippen LogP contribution in [0.4, 0.5) is 4.39 Å². The molecule has 0 spiro atoms. The van der Waals surface area contributed by atoms with Gasteiger partial charge in [0.1, 0.15) is 11.0 Å². The van der Waals surface area contributed by atoms with E-state index in [4.69, 9.17) is 16.3 Å². The van der Waals surface area contributed by atoms with Gasteiger partial charge in [-0.25, -0.2) is 9.07 Å². The van der Waals surface area contributed by atoms with Gasteiger partial charge in [0.2, 0.25) is 5.91 Å². The average Bonchev–Trinajstić information content (AvgIpc) is 3.12. The van der Waals surface area contributed by atoms with E-state index in [0.29, 0.717) is 41.9 Å². The van der Waals surface area contributed by atoms with Crippen LogP contribution in [0.25, 0.3) is 11.8 Å². The van der Waals surface area contributed by atoms with Gasteiger partial charge >= 0.3 is 0 Å². The molecule has 0 aliphatic carbocycles. The molecular weight excluding hydrogens is 443 g/mol. The summed E-state index contributed by atoms with van der Waals surface area (Å²) in [7, 11) is 0. The van der Waals surface area contributed by atoms with E-state index in [9.17, 15) is 9.18 Å². The maximum Gasteiger partial charge on any atom is 0.244 e. The minimum Gasteiger partial charge on any atom is -0.379 e. The zero-order valence-electron chi connectivity index (χ0n) is 18.4. The Kier molecular flexibility index (Phi) is 7.54. The summed E-state index contributed by atoms with van der Waals surface area (Å²) in [4.78, 5) is 15.1. The lowest BCUT2D eigenvalue weighted by Crippen LogP contribution is -2.42. The summed E-state index contributed by atoms with van der Waals surface area (Å²) in [5.41, 5.74) is 2.99. The fourth-order valence-corrected chi connectivity index (χ4v) is 4.13. The quantitative estimate of drug-likeness (QED) is 0.528. The molecule has 2 heterocycles. The molecule has 1 saturated heterocycles. The van der Waals surface area contributed by atoms with Gasteiger partial charge in [-0.05, 0) is 42.8 Å². The number of amides is 1. The van der Waals surface area contributed by atoms with Crippen LogP contribution in [-0.2, 0) is 9.53 Å². The number of aromatic nitrogens is 2. The molecule has 2 aromatic carbocycles. The van der Waals surface area contributed by atoms with Gasteiger partial charge in [-0.2, -0.15) is 5.10 Å². The van der Waals surface area contributed by atoms with Crippen LogP contribution >= 0.6 is 11.6 Å². The fraction of sp³-hybridized carbons (Fsp3) is 0.280. The van der Waals surface area contributed by atoms with Crippen LogP contribution < -0.4 is 5.32 Å². The number of nitrogens with one attached hydrogen (secondary N) is 1. The van der Waals surface area contributed by atoms with Crippen molar-refractivity contribution in [3.63, 3.8) is 0 Å². The van der Waals surface area contributed by atoms with Crippen LogP contribution in [0, 0.1) is 12.7 Å². The number of ether oxygens (including phenoxy) is 1. The van der Waals surface area contributed by atoms with Crippen molar-refractivity contribution in [2.45, 2.75) is 13.0 Å². The fourth-order valence-electron chi connectivity index (χ4n) is 3.79. The summed E-state index contributed by atoms with van der Waals surface area (Å²) in [5, 5.41) is 7.91. The van der Waals surface area contributed by atoms with Crippen molar-refractivity contribution in [2.24, 2.45) is 0 Å². The number of hydrogen-bond donors (Lipinski definition) is 1. The molecule has 1 unspecified atom stereocenters. The second kappa shape index (κ2) is 10.7. The summed E-state index contributed by atoms with van der Waals surface area (Å²) < 4.78 is 20.2. The minimum atomic E-state index is -0.333. The molecule has 8 heteroatoms. The van der Waals surface area contributed by atoms with E-state index in [2.05, 4.69) is 15.3 Å². The highest BCUT2D eigenvalue weighted by molar-refractivity contribution is 6.31.